The summed E-state index contributed by atoms with van der Waals surface area (Å²) in [6, 6.07) is 5.63. The second-order valence-electron chi connectivity index (χ2n) is 8.21. The van der Waals surface area contributed by atoms with Gasteiger partial charge < -0.3 is 19.4 Å². The summed E-state index contributed by atoms with van der Waals surface area (Å²) in [7, 11) is 3.94. The number of carbonyl (C=O) groups excluding carboxylic acids is 1. The van der Waals surface area contributed by atoms with E-state index in [1.807, 2.05) is 49.0 Å². The number of hydrogen-bond acceptors (Lipinski definition) is 7. The smallest absolute Gasteiger partial charge is 0.255 e. The fourth-order valence-corrected chi connectivity index (χ4v) is 4.00. The van der Waals surface area contributed by atoms with E-state index in [0.717, 1.165) is 43.4 Å². The van der Waals surface area contributed by atoms with Crippen molar-refractivity contribution >= 4 is 17.5 Å². The largest absolute Gasteiger partial charge is 0.474 e. The Morgan fingerprint density at radius 3 is 2.47 bits per heavy atom. The molecule has 2 aliphatic rings. The molecule has 2 fully saturated rings. The molecule has 30 heavy (non-hydrogen) atoms. The summed E-state index contributed by atoms with van der Waals surface area (Å²) in [4.78, 5) is 32.4. The lowest BCUT2D eigenvalue weighted by molar-refractivity contribution is 0.0746. The molecule has 0 atom stereocenters. The van der Waals surface area contributed by atoms with Gasteiger partial charge in [0.1, 0.15) is 23.6 Å². The fourth-order valence-electron chi connectivity index (χ4n) is 4.00. The number of aromatic nitrogens is 3. The van der Waals surface area contributed by atoms with Crippen molar-refractivity contribution in [1.29, 1.82) is 0 Å². The van der Waals surface area contributed by atoms with Crippen LogP contribution in [0.25, 0.3) is 0 Å². The molecule has 2 aromatic rings. The molecule has 8 heteroatoms. The first-order valence-corrected chi connectivity index (χ1v) is 10.7. The van der Waals surface area contributed by atoms with Crippen molar-refractivity contribution in [3.8, 4) is 5.88 Å². The molecule has 0 spiro atoms. The SMILES string of the molecule is Cc1nc(N(C)C)cc(N2CCN(C(=O)c3ccc(OC4CCCC4)nc3)CC2)n1. The minimum absolute atomic E-state index is 0.0161. The zero-order chi connectivity index (χ0) is 21.1. The number of pyridine rings is 1. The number of anilines is 2. The maximum atomic E-state index is 12.9. The lowest BCUT2D eigenvalue weighted by Gasteiger charge is -2.35. The van der Waals surface area contributed by atoms with Crippen LogP contribution in [-0.4, -0.2) is 72.1 Å². The monoisotopic (exact) mass is 410 g/mol. The number of rotatable bonds is 5. The zero-order valence-corrected chi connectivity index (χ0v) is 18.0. The zero-order valence-electron chi connectivity index (χ0n) is 18.0. The first kappa shape index (κ1) is 20.4. The van der Waals surface area contributed by atoms with Crippen molar-refractivity contribution in [2.24, 2.45) is 0 Å². The molecule has 1 aliphatic heterocycles. The lowest BCUT2D eigenvalue weighted by Crippen LogP contribution is -2.49. The third-order valence-corrected chi connectivity index (χ3v) is 5.73. The third-order valence-electron chi connectivity index (χ3n) is 5.73. The molecule has 8 nitrogen and oxygen atoms in total. The van der Waals surface area contributed by atoms with Crippen LogP contribution in [0.5, 0.6) is 5.88 Å². The predicted octanol–water partition coefficient (Wildman–Crippen LogP) is 2.53. The van der Waals surface area contributed by atoms with E-state index in [9.17, 15) is 4.79 Å². The Labute approximate surface area is 177 Å². The molecule has 0 N–H and O–H groups in total. The Balaban J connectivity index is 1.35. The summed E-state index contributed by atoms with van der Waals surface area (Å²) >= 11 is 0. The standard InChI is InChI=1S/C22H30N6O2/c1-16-24-19(26(2)3)14-20(25-16)27-10-12-28(13-11-27)22(29)17-8-9-21(23-15-17)30-18-6-4-5-7-18/h8-9,14-15,18H,4-7,10-13H2,1-3H3. The van der Waals surface area contributed by atoms with Crippen molar-refractivity contribution in [3.05, 3.63) is 35.8 Å². The van der Waals surface area contributed by atoms with Crippen LogP contribution in [0.3, 0.4) is 0 Å². The van der Waals surface area contributed by atoms with E-state index in [4.69, 9.17) is 4.74 Å². The molecular weight excluding hydrogens is 380 g/mol. The van der Waals surface area contributed by atoms with Crippen molar-refractivity contribution in [2.75, 3.05) is 50.1 Å². The third kappa shape index (κ3) is 4.63. The van der Waals surface area contributed by atoms with Gasteiger partial charge in [-0.2, -0.15) is 0 Å². The Morgan fingerprint density at radius 1 is 1.10 bits per heavy atom. The van der Waals surface area contributed by atoms with E-state index in [-0.39, 0.29) is 12.0 Å². The van der Waals surface area contributed by atoms with Gasteiger partial charge in [-0.15, -0.1) is 0 Å². The van der Waals surface area contributed by atoms with E-state index < -0.39 is 0 Å². The minimum atomic E-state index is 0.0161. The van der Waals surface area contributed by atoms with Gasteiger partial charge in [0.15, 0.2) is 0 Å². The van der Waals surface area contributed by atoms with Gasteiger partial charge >= 0.3 is 0 Å². The van der Waals surface area contributed by atoms with Gasteiger partial charge in [-0.1, -0.05) is 0 Å². The van der Waals surface area contributed by atoms with Crippen LogP contribution in [-0.2, 0) is 0 Å². The molecule has 160 valence electrons. The summed E-state index contributed by atoms with van der Waals surface area (Å²) in [5.74, 6) is 3.18. The van der Waals surface area contributed by atoms with Gasteiger partial charge in [0.2, 0.25) is 5.88 Å². The summed E-state index contributed by atoms with van der Waals surface area (Å²) in [5.41, 5.74) is 0.606. The van der Waals surface area contributed by atoms with Crippen LogP contribution in [0.1, 0.15) is 41.9 Å². The van der Waals surface area contributed by atoms with Gasteiger partial charge in [0.05, 0.1) is 5.56 Å². The molecule has 0 unspecified atom stereocenters. The molecule has 0 bridgehead atoms. The molecule has 1 saturated heterocycles. The average Bonchev–Trinajstić information content (AvgIpc) is 3.26. The molecule has 0 aromatic carbocycles. The molecule has 0 radical (unpaired) electrons. The summed E-state index contributed by atoms with van der Waals surface area (Å²) in [6.45, 7) is 4.69. The Hall–Kier alpha value is -2.90. The number of nitrogens with zero attached hydrogens (tertiary/aromatic N) is 6. The van der Waals surface area contributed by atoms with Crippen LogP contribution in [0.2, 0.25) is 0 Å². The first-order valence-electron chi connectivity index (χ1n) is 10.7. The molecular formula is C22H30N6O2. The topological polar surface area (TPSA) is 74.7 Å². The number of hydrogen-bond donors (Lipinski definition) is 0. The first-order chi connectivity index (χ1) is 14.5. The van der Waals surface area contributed by atoms with Gasteiger partial charge in [0.25, 0.3) is 5.91 Å². The van der Waals surface area contributed by atoms with Crippen LogP contribution < -0.4 is 14.5 Å². The van der Waals surface area contributed by atoms with Crippen LogP contribution in [0.4, 0.5) is 11.6 Å². The molecule has 1 saturated carbocycles. The highest BCUT2D eigenvalue weighted by atomic mass is 16.5. The number of ether oxygens (including phenoxy) is 1. The van der Waals surface area contributed by atoms with Crippen LogP contribution >= 0.6 is 0 Å². The van der Waals surface area contributed by atoms with Crippen LogP contribution in [0.15, 0.2) is 24.4 Å². The van der Waals surface area contributed by atoms with E-state index in [2.05, 4.69) is 19.9 Å². The van der Waals surface area contributed by atoms with Gasteiger partial charge in [-0.25, -0.2) is 15.0 Å². The molecule has 1 amide bonds. The number of amides is 1. The van der Waals surface area contributed by atoms with Gasteiger partial charge in [-0.05, 0) is 38.7 Å². The normalized spacial score (nSPS) is 17.3. The number of carbonyl (C=O) groups is 1. The summed E-state index contributed by atoms with van der Waals surface area (Å²) < 4.78 is 5.90. The Kier molecular flexibility index (Phi) is 6.01. The van der Waals surface area contributed by atoms with E-state index >= 15 is 0 Å². The summed E-state index contributed by atoms with van der Waals surface area (Å²) in [6.07, 6.45) is 6.53. The van der Waals surface area contributed by atoms with E-state index in [1.165, 1.54) is 12.8 Å². The molecule has 2 aromatic heterocycles. The quantitative estimate of drug-likeness (QED) is 0.750. The number of piperazine rings is 1. The highest BCUT2D eigenvalue weighted by molar-refractivity contribution is 5.94. The second kappa shape index (κ2) is 8.85. The van der Waals surface area contributed by atoms with Gasteiger partial charge in [0, 0.05) is 58.6 Å². The minimum Gasteiger partial charge on any atom is -0.474 e. The average molecular weight is 411 g/mol. The highest BCUT2D eigenvalue weighted by Crippen LogP contribution is 2.23. The van der Waals surface area contributed by atoms with Crippen molar-refractivity contribution in [3.63, 3.8) is 0 Å². The van der Waals surface area contributed by atoms with Crippen molar-refractivity contribution in [2.45, 2.75) is 38.7 Å². The van der Waals surface area contributed by atoms with Gasteiger partial charge in [-0.3, -0.25) is 4.79 Å². The maximum Gasteiger partial charge on any atom is 0.255 e. The number of aryl methyl sites for hydroxylation is 1. The van der Waals surface area contributed by atoms with E-state index in [1.54, 1.807) is 6.20 Å². The Morgan fingerprint density at radius 2 is 1.83 bits per heavy atom. The summed E-state index contributed by atoms with van der Waals surface area (Å²) in [5, 5.41) is 0. The Bertz CT molecular complexity index is 872. The fraction of sp³-hybridized carbons (Fsp3) is 0.545. The lowest BCUT2D eigenvalue weighted by atomic mass is 10.2. The molecule has 3 heterocycles. The highest BCUT2D eigenvalue weighted by Gasteiger charge is 2.24. The molecule has 1 aliphatic carbocycles. The van der Waals surface area contributed by atoms with Crippen LogP contribution in [0, 0.1) is 6.92 Å². The second-order valence-corrected chi connectivity index (χ2v) is 8.21. The van der Waals surface area contributed by atoms with Crippen molar-refractivity contribution in [1.82, 2.24) is 19.9 Å². The maximum absolute atomic E-state index is 12.9. The van der Waals surface area contributed by atoms with E-state index in [0.29, 0.717) is 24.5 Å². The molecule has 4 rings (SSSR count). The predicted molar refractivity (Wildman–Crippen MR) is 116 cm³/mol. The van der Waals surface area contributed by atoms with Crippen molar-refractivity contribution < 1.29 is 9.53 Å².